The van der Waals surface area contributed by atoms with Crippen molar-refractivity contribution < 1.29 is 0 Å². The van der Waals surface area contributed by atoms with E-state index in [1.54, 1.807) is 0 Å². The van der Waals surface area contributed by atoms with Crippen LogP contribution in [0.15, 0.2) is 114 Å². The number of benzene rings is 7. The van der Waals surface area contributed by atoms with Gasteiger partial charge in [0.05, 0.1) is 0 Å². The number of hydrogen-bond donors (Lipinski definition) is 0. The van der Waals surface area contributed by atoms with Gasteiger partial charge in [0.2, 0.25) is 6.71 Å². The second kappa shape index (κ2) is 8.22. The Labute approximate surface area is 220 Å². The predicted octanol–water partition coefficient (Wildman–Crippen LogP) is 7.63. The van der Waals surface area contributed by atoms with Gasteiger partial charge in [0.15, 0.2) is 0 Å². The summed E-state index contributed by atoms with van der Waals surface area (Å²) in [6.07, 6.45) is 0. The third kappa shape index (κ3) is 3.28. The Bertz CT molecular complexity index is 1910. The van der Waals surface area contributed by atoms with Crippen molar-refractivity contribution in [2.75, 3.05) is 0 Å². The zero-order chi connectivity index (χ0) is 24.4. The van der Waals surface area contributed by atoms with E-state index in [0.717, 1.165) is 4.47 Å². The number of hydrogen-bond acceptors (Lipinski definition) is 0. The Kier molecular flexibility index (Phi) is 4.94. The zero-order valence-electron chi connectivity index (χ0n) is 20.3. The maximum absolute atomic E-state index is 3.81. The molecule has 2 heteroatoms. The molecule has 0 atom stereocenters. The second-order valence-corrected chi connectivity index (χ2v) is 10.9. The van der Waals surface area contributed by atoms with Crippen LogP contribution in [0.4, 0.5) is 0 Å². The normalized spacial score (nSPS) is 11.8. The van der Waals surface area contributed by atoms with Gasteiger partial charge in [-0.2, -0.15) is 0 Å². The summed E-state index contributed by atoms with van der Waals surface area (Å²) >= 11 is 3.81. The molecule has 0 heterocycles. The molecule has 0 radical (unpaired) electrons. The Morgan fingerprint density at radius 1 is 0.500 bits per heavy atom. The molecule has 7 rings (SSSR count). The molecular weight excluding hydrogens is 499 g/mol. The second-order valence-electron chi connectivity index (χ2n) is 10.0. The fourth-order valence-corrected chi connectivity index (χ4v) is 6.71. The SMILES string of the molecule is Cc1cc(C)cc(B(c2cccc3ccccc23)c2ccc3ccc4c(Br)ccc5ccc2c3c54)c1. The summed E-state index contributed by atoms with van der Waals surface area (Å²) in [5.74, 6) is 0. The Hall–Kier alpha value is -3.62. The summed E-state index contributed by atoms with van der Waals surface area (Å²) < 4.78 is 1.15. The molecule has 0 aliphatic rings. The van der Waals surface area contributed by atoms with Crippen LogP contribution in [0, 0.1) is 13.8 Å². The topological polar surface area (TPSA) is 0 Å². The average Bonchev–Trinajstić information content (AvgIpc) is 2.89. The molecule has 0 nitrogen and oxygen atoms in total. The van der Waals surface area contributed by atoms with Crippen molar-refractivity contribution in [3.63, 3.8) is 0 Å². The summed E-state index contributed by atoms with van der Waals surface area (Å²) in [4.78, 5) is 0. The number of fused-ring (bicyclic) bond motifs is 1. The summed E-state index contributed by atoms with van der Waals surface area (Å²) in [5, 5.41) is 10.5. The minimum atomic E-state index is 0.128. The van der Waals surface area contributed by atoms with Crippen molar-refractivity contribution in [2.24, 2.45) is 0 Å². The maximum Gasteiger partial charge on any atom is 0.242 e. The molecule has 0 unspecified atom stereocenters. The average molecular weight is 523 g/mol. The van der Waals surface area contributed by atoms with Crippen LogP contribution in [-0.4, -0.2) is 6.71 Å². The molecule has 0 amide bonds. The summed E-state index contributed by atoms with van der Waals surface area (Å²) in [7, 11) is 0. The van der Waals surface area contributed by atoms with Gasteiger partial charge in [0.1, 0.15) is 0 Å². The van der Waals surface area contributed by atoms with Crippen LogP contribution < -0.4 is 16.4 Å². The lowest BCUT2D eigenvalue weighted by Gasteiger charge is -2.22. The van der Waals surface area contributed by atoms with E-state index in [1.807, 2.05) is 0 Å². The van der Waals surface area contributed by atoms with Crippen molar-refractivity contribution >= 4 is 82.1 Å². The highest BCUT2D eigenvalue weighted by Crippen LogP contribution is 2.37. The molecule has 170 valence electrons. The molecule has 36 heavy (non-hydrogen) atoms. The monoisotopic (exact) mass is 522 g/mol. The van der Waals surface area contributed by atoms with E-state index in [-0.39, 0.29) is 6.71 Å². The lowest BCUT2D eigenvalue weighted by atomic mass is 9.35. The van der Waals surface area contributed by atoms with Crippen molar-refractivity contribution in [3.05, 3.63) is 125 Å². The highest BCUT2D eigenvalue weighted by atomic mass is 79.9. The molecule has 0 spiro atoms. The van der Waals surface area contributed by atoms with E-state index in [1.165, 1.54) is 70.6 Å². The first-order valence-electron chi connectivity index (χ1n) is 12.5. The Morgan fingerprint density at radius 2 is 1.11 bits per heavy atom. The summed E-state index contributed by atoms with van der Waals surface area (Å²) in [6.45, 7) is 4.54. The van der Waals surface area contributed by atoms with Crippen LogP contribution in [0.5, 0.6) is 0 Å². The van der Waals surface area contributed by atoms with Crippen molar-refractivity contribution in [1.29, 1.82) is 0 Å². The molecular formula is C34H24BBr. The fourth-order valence-electron chi connectivity index (χ4n) is 6.25. The molecule has 0 saturated heterocycles. The van der Waals surface area contributed by atoms with Gasteiger partial charge in [-0.1, -0.05) is 147 Å². The lowest BCUT2D eigenvalue weighted by Crippen LogP contribution is -2.52. The van der Waals surface area contributed by atoms with E-state index < -0.39 is 0 Å². The van der Waals surface area contributed by atoms with Gasteiger partial charge in [-0.15, -0.1) is 0 Å². The predicted molar refractivity (Wildman–Crippen MR) is 162 cm³/mol. The third-order valence-corrected chi connectivity index (χ3v) is 8.36. The third-order valence-electron chi connectivity index (χ3n) is 7.67. The van der Waals surface area contributed by atoms with Crippen molar-refractivity contribution in [3.8, 4) is 0 Å². The van der Waals surface area contributed by atoms with Gasteiger partial charge in [-0.3, -0.25) is 0 Å². The highest BCUT2D eigenvalue weighted by Gasteiger charge is 2.27. The maximum atomic E-state index is 3.81. The van der Waals surface area contributed by atoms with E-state index in [9.17, 15) is 0 Å². The van der Waals surface area contributed by atoms with Crippen LogP contribution in [0.3, 0.4) is 0 Å². The highest BCUT2D eigenvalue weighted by molar-refractivity contribution is 9.10. The molecule has 0 bridgehead atoms. The minimum Gasteiger partial charge on any atom is -0.0681 e. The molecule has 0 saturated carbocycles. The molecule has 7 aromatic rings. The smallest absolute Gasteiger partial charge is 0.0681 e. The van der Waals surface area contributed by atoms with E-state index in [4.69, 9.17) is 0 Å². The Balaban J connectivity index is 1.62. The number of halogens is 1. The van der Waals surface area contributed by atoms with Crippen LogP contribution in [0.2, 0.25) is 0 Å². The van der Waals surface area contributed by atoms with Gasteiger partial charge < -0.3 is 0 Å². The van der Waals surface area contributed by atoms with Gasteiger partial charge in [0.25, 0.3) is 0 Å². The summed E-state index contributed by atoms with van der Waals surface area (Å²) in [5.41, 5.74) is 6.67. The number of rotatable bonds is 3. The molecule has 0 N–H and O–H groups in total. The molecule has 0 aromatic heterocycles. The molecule has 7 aromatic carbocycles. The van der Waals surface area contributed by atoms with Gasteiger partial charge in [-0.05, 0) is 63.0 Å². The standard InChI is InChI=1S/C34H24BBr/c1-21-18-22(2)20-26(19-21)35(30-9-5-7-23-6-3-4-8-27(23)30)31-16-12-24-11-15-29-32(36)17-13-25-10-14-28(31)33(24)34(25)29/h3-20H,1-2H3. The lowest BCUT2D eigenvalue weighted by molar-refractivity contribution is 1.40. The Morgan fingerprint density at radius 3 is 1.92 bits per heavy atom. The zero-order valence-corrected chi connectivity index (χ0v) is 21.9. The van der Waals surface area contributed by atoms with Crippen molar-refractivity contribution in [1.82, 2.24) is 0 Å². The largest absolute Gasteiger partial charge is 0.242 e. The van der Waals surface area contributed by atoms with E-state index >= 15 is 0 Å². The van der Waals surface area contributed by atoms with Crippen LogP contribution in [0.25, 0.3) is 43.1 Å². The molecule has 0 fully saturated rings. The molecule has 0 aliphatic carbocycles. The van der Waals surface area contributed by atoms with Crippen LogP contribution >= 0.6 is 15.9 Å². The van der Waals surface area contributed by atoms with Gasteiger partial charge >= 0.3 is 0 Å². The van der Waals surface area contributed by atoms with Crippen LogP contribution in [0.1, 0.15) is 11.1 Å². The van der Waals surface area contributed by atoms with E-state index in [2.05, 4.69) is 139 Å². The fraction of sp³-hybridized carbons (Fsp3) is 0.0588. The van der Waals surface area contributed by atoms with Gasteiger partial charge in [-0.25, -0.2) is 0 Å². The quantitative estimate of drug-likeness (QED) is 0.165. The molecule has 0 aliphatic heterocycles. The first kappa shape index (κ1) is 21.7. The van der Waals surface area contributed by atoms with Crippen LogP contribution in [-0.2, 0) is 0 Å². The first-order chi connectivity index (χ1) is 17.6. The van der Waals surface area contributed by atoms with Gasteiger partial charge in [0, 0.05) is 4.47 Å². The first-order valence-corrected chi connectivity index (χ1v) is 13.3. The number of aryl methyl sites for hydroxylation is 2. The minimum absolute atomic E-state index is 0.128. The van der Waals surface area contributed by atoms with Crippen molar-refractivity contribution in [2.45, 2.75) is 13.8 Å². The summed E-state index contributed by atoms with van der Waals surface area (Å²) in [6, 6.07) is 40.8. The van der Waals surface area contributed by atoms with E-state index in [0.29, 0.717) is 0 Å².